The number of carbonyl (C=O) groups is 1. The molecule has 0 fully saturated rings. The quantitative estimate of drug-likeness (QED) is 0.288. The summed E-state index contributed by atoms with van der Waals surface area (Å²) in [5, 5.41) is 6.05. The number of carbonyl (C=O) groups excluding carboxylic acids is 1. The fourth-order valence-corrected chi connectivity index (χ4v) is 1.62. The number of nitrogens with one attached hydrogen (secondary N) is 1. The van der Waals surface area contributed by atoms with Crippen molar-refractivity contribution in [3.05, 3.63) is 45.8 Å². The maximum atomic E-state index is 12.5. The van der Waals surface area contributed by atoms with Crippen LogP contribution in [0.2, 0.25) is 0 Å². The van der Waals surface area contributed by atoms with Crippen LogP contribution in [0, 0.1) is 0 Å². The van der Waals surface area contributed by atoms with E-state index in [1.165, 1.54) is 19.2 Å². The third-order valence-electron chi connectivity index (χ3n) is 2.63. The van der Waals surface area contributed by atoms with E-state index in [1.54, 1.807) is 0 Å². The fourth-order valence-electron chi connectivity index (χ4n) is 1.62. The van der Waals surface area contributed by atoms with Gasteiger partial charge in [0.25, 0.3) is 0 Å². The molecule has 9 heteroatoms. The molecule has 0 bridgehead atoms. The van der Waals surface area contributed by atoms with Gasteiger partial charge >= 0.3 is 12.1 Å². The summed E-state index contributed by atoms with van der Waals surface area (Å²) in [6.45, 7) is 0.287. The summed E-state index contributed by atoms with van der Waals surface area (Å²) in [7, 11) is 1.18. The number of azide groups is 1. The van der Waals surface area contributed by atoms with E-state index in [1.807, 2.05) is 0 Å². The summed E-state index contributed by atoms with van der Waals surface area (Å²) in [6.07, 6.45) is -4.44. The lowest BCUT2D eigenvalue weighted by atomic mass is 10.0. The lowest BCUT2D eigenvalue weighted by molar-refractivity contribution is -0.143. The highest BCUT2D eigenvalue weighted by Crippen LogP contribution is 2.30. The topological polar surface area (TPSA) is 87.1 Å². The molecule has 0 amide bonds. The Kier molecular flexibility index (Phi) is 6.01. The molecule has 0 heterocycles. The fraction of sp³-hybridized carbons (Fsp3) is 0.417. The number of ether oxygens (including phenoxy) is 1. The van der Waals surface area contributed by atoms with E-state index in [0.29, 0.717) is 5.56 Å². The van der Waals surface area contributed by atoms with Crippen LogP contribution in [0.1, 0.15) is 17.2 Å². The van der Waals surface area contributed by atoms with Crippen molar-refractivity contribution in [3.63, 3.8) is 0 Å². The Morgan fingerprint density at radius 2 is 2.05 bits per heavy atom. The Balaban J connectivity index is 2.87. The summed E-state index contributed by atoms with van der Waals surface area (Å²) in [5.74, 6) is -0.643. The van der Waals surface area contributed by atoms with E-state index < -0.39 is 23.8 Å². The Labute approximate surface area is 118 Å². The lowest BCUT2D eigenvalue weighted by Gasteiger charge is -2.17. The first-order valence-electron chi connectivity index (χ1n) is 5.89. The van der Waals surface area contributed by atoms with Crippen molar-refractivity contribution in [2.24, 2.45) is 5.11 Å². The average Bonchev–Trinajstić information content (AvgIpc) is 2.46. The summed E-state index contributed by atoms with van der Waals surface area (Å²) < 4.78 is 42.0. The summed E-state index contributed by atoms with van der Waals surface area (Å²) in [4.78, 5) is 14.2. The van der Waals surface area contributed by atoms with Gasteiger partial charge in [0.2, 0.25) is 0 Å². The summed E-state index contributed by atoms with van der Waals surface area (Å²) >= 11 is 0. The molecule has 0 aromatic heterocycles. The highest BCUT2D eigenvalue weighted by Gasteiger charge is 2.30. The van der Waals surface area contributed by atoms with Gasteiger partial charge in [-0.2, -0.15) is 13.2 Å². The first-order chi connectivity index (χ1) is 9.90. The average molecular weight is 302 g/mol. The molecule has 21 heavy (non-hydrogen) atoms. The van der Waals surface area contributed by atoms with E-state index in [0.717, 1.165) is 12.1 Å². The minimum atomic E-state index is -4.44. The van der Waals surface area contributed by atoms with Gasteiger partial charge in [-0.25, -0.2) is 4.79 Å². The van der Waals surface area contributed by atoms with Gasteiger partial charge in [0.1, 0.15) is 6.04 Å². The van der Waals surface area contributed by atoms with Crippen LogP contribution in [0.3, 0.4) is 0 Å². The van der Waals surface area contributed by atoms with E-state index in [9.17, 15) is 18.0 Å². The minimum absolute atomic E-state index is 0.102. The van der Waals surface area contributed by atoms with Crippen LogP contribution < -0.4 is 5.32 Å². The molecule has 1 N–H and O–H groups in total. The van der Waals surface area contributed by atoms with E-state index >= 15 is 0 Å². The Bertz CT molecular complexity index is 524. The van der Waals surface area contributed by atoms with Crippen LogP contribution in [0.4, 0.5) is 13.2 Å². The van der Waals surface area contributed by atoms with E-state index in [4.69, 9.17) is 5.53 Å². The van der Waals surface area contributed by atoms with Gasteiger partial charge in [-0.1, -0.05) is 17.2 Å². The first-order valence-corrected chi connectivity index (χ1v) is 5.89. The van der Waals surface area contributed by atoms with Gasteiger partial charge in [0, 0.05) is 18.0 Å². The molecule has 1 aromatic carbocycles. The molecule has 0 aliphatic heterocycles. The van der Waals surface area contributed by atoms with Gasteiger partial charge in [-0.3, -0.25) is 0 Å². The Morgan fingerprint density at radius 1 is 1.43 bits per heavy atom. The zero-order valence-corrected chi connectivity index (χ0v) is 11.1. The van der Waals surface area contributed by atoms with Crippen LogP contribution in [-0.2, 0) is 15.7 Å². The second-order valence-electron chi connectivity index (χ2n) is 3.98. The monoisotopic (exact) mass is 302 g/mol. The predicted octanol–water partition coefficient (Wildman–Crippen LogP) is 2.82. The molecule has 1 unspecified atom stereocenters. The second kappa shape index (κ2) is 7.51. The lowest BCUT2D eigenvalue weighted by Crippen LogP contribution is -2.31. The number of hydrogen-bond acceptors (Lipinski definition) is 4. The van der Waals surface area contributed by atoms with Crippen LogP contribution >= 0.6 is 0 Å². The number of benzene rings is 1. The first kappa shape index (κ1) is 16.8. The normalized spacial score (nSPS) is 12.4. The van der Waals surface area contributed by atoms with Crippen molar-refractivity contribution < 1.29 is 22.7 Å². The molecular formula is C12H13F3N4O2. The second-order valence-corrected chi connectivity index (χ2v) is 3.98. The molecule has 114 valence electrons. The van der Waals surface area contributed by atoms with Crippen LogP contribution in [0.25, 0.3) is 10.4 Å². The molecule has 0 radical (unpaired) electrons. The predicted molar refractivity (Wildman–Crippen MR) is 68.2 cm³/mol. The largest absolute Gasteiger partial charge is 0.468 e. The third kappa shape index (κ3) is 4.97. The zero-order chi connectivity index (χ0) is 15.9. The molecule has 0 aliphatic carbocycles. The van der Waals surface area contributed by atoms with Crippen molar-refractivity contribution in [2.75, 3.05) is 20.2 Å². The van der Waals surface area contributed by atoms with Crippen molar-refractivity contribution >= 4 is 5.97 Å². The molecule has 0 spiro atoms. The number of hydrogen-bond donors (Lipinski definition) is 1. The molecule has 1 rings (SSSR count). The number of esters is 1. The molecular weight excluding hydrogens is 289 g/mol. The molecule has 0 saturated carbocycles. The van der Waals surface area contributed by atoms with Crippen LogP contribution in [-0.4, -0.2) is 26.2 Å². The van der Waals surface area contributed by atoms with Gasteiger partial charge in [0.05, 0.1) is 12.7 Å². The van der Waals surface area contributed by atoms with E-state index in [-0.39, 0.29) is 13.1 Å². The highest BCUT2D eigenvalue weighted by atomic mass is 19.4. The molecule has 0 aliphatic rings. The molecule has 1 aromatic rings. The van der Waals surface area contributed by atoms with Crippen molar-refractivity contribution in [1.82, 2.24) is 5.32 Å². The number of halogens is 3. The van der Waals surface area contributed by atoms with Crippen LogP contribution in [0.15, 0.2) is 29.4 Å². The van der Waals surface area contributed by atoms with Crippen LogP contribution in [0.5, 0.6) is 0 Å². The Hall–Kier alpha value is -2.25. The number of rotatable bonds is 6. The standard InChI is InChI=1S/C12H13F3N4O2/c1-21-11(20)10(17-6-7-18-19-16)8-2-4-9(5-3-8)12(13,14)15/h2-5,10,17H,6-7H2,1H3. The van der Waals surface area contributed by atoms with Crippen molar-refractivity contribution in [2.45, 2.75) is 12.2 Å². The number of methoxy groups -OCH3 is 1. The maximum absolute atomic E-state index is 12.5. The summed E-state index contributed by atoms with van der Waals surface area (Å²) in [5.41, 5.74) is 7.67. The molecule has 0 saturated heterocycles. The van der Waals surface area contributed by atoms with Gasteiger partial charge in [-0.15, -0.1) is 0 Å². The third-order valence-corrected chi connectivity index (χ3v) is 2.63. The summed E-state index contributed by atoms with van der Waals surface area (Å²) in [6, 6.07) is 3.25. The number of alkyl halides is 3. The maximum Gasteiger partial charge on any atom is 0.416 e. The smallest absolute Gasteiger partial charge is 0.416 e. The highest BCUT2D eigenvalue weighted by molar-refractivity contribution is 5.77. The molecule has 6 nitrogen and oxygen atoms in total. The van der Waals surface area contributed by atoms with Crippen molar-refractivity contribution in [1.29, 1.82) is 0 Å². The number of nitrogens with zero attached hydrogens (tertiary/aromatic N) is 3. The Morgan fingerprint density at radius 3 is 2.52 bits per heavy atom. The van der Waals surface area contributed by atoms with Gasteiger partial charge in [-0.05, 0) is 23.2 Å². The van der Waals surface area contributed by atoms with Crippen molar-refractivity contribution in [3.8, 4) is 0 Å². The van der Waals surface area contributed by atoms with E-state index in [2.05, 4.69) is 20.1 Å². The zero-order valence-electron chi connectivity index (χ0n) is 11.1. The SMILES string of the molecule is COC(=O)C(NCCN=[N+]=[N-])c1ccc(C(F)(F)F)cc1. The van der Waals surface area contributed by atoms with Gasteiger partial charge < -0.3 is 10.1 Å². The minimum Gasteiger partial charge on any atom is -0.468 e. The molecule has 1 atom stereocenters. The van der Waals surface area contributed by atoms with Gasteiger partial charge in [0.15, 0.2) is 0 Å².